The lowest BCUT2D eigenvalue weighted by atomic mass is 10.1. The minimum atomic E-state index is -3.15. The molecule has 0 bridgehead atoms. The van der Waals surface area contributed by atoms with E-state index < -0.39 is 27.4 Å². The van der Waals surface area contributed by atoms with Crippen LogP contribution in [-0.2, 0) is 9.84 Å². The highest BCUT2D eigenvalue weighted by atomic mass is 32.2. The van der Waals surface area contributed by atoms with Gasteiger partial charge in [-0.05, 0) is 18.6 Å². The van der Waals surface area contributed by atoms with Crippen LogP contribution in [0.2, 0.25) is 0 Å². The number of amides is 1. The molecule has 0 aliphatic carbocycles. The Bertz CT molecular complexity index is 601. The SMILES string of the molecule is O=C(c1cccc(F)c1F)N1CCCS(=O)(=O)CC1. The molecule has 0 saturated carbocycles. The van der Waals surface area contributed by atoms with E-state index in [0.29, 0.717) is 6.42 Å². The van der Waals surface area contributed by atoms with E-state index in [2.05, 4.69) is 0 Å². The van der Waals surface area contributed by atoms with Gasteiger partial charge in [-0.1, -0.05) is 6.07 Å². The maximum absolute atomic E-state index is 13.5. The van der Waals surface area contributed by atoms with E-state index in [1.54, 1.807) is 0 Å². The summed E-state index contributed by atoms with van der Waals surface area (Å²) < 4.78 is 49.4. The summed E-state index contributed by atoms with van der Waals surface area (Å²) in [4.78, 5) is 13.3. The topological polar surface area (TPSA) is 54.5 Å². The summed E-state index contributed by atoms with van der Waals surface area (Å²) in [6, 6.07) is 3.37. The molecule has 104 valence electrons. The molecule has 1 saturated heterocycles. The molecular formula is C12H13F2NO3S. The van der Waals surface area contributed by atoms with Gasteiger partial charge in [-0.2, -0.15) is 0 Å². The number of rotatable bonds is 1. The smallest absolute Gasteiger partial charge is 0.256 e. The number of nitrogens with zero attached hydrogens (tertiary/aromatic N) is 1. The van der Waals surface area contributed by atoms with Gasteiger partial charge in [0.15, 0.2) is 21.5 Å². The van der Waals surface area contributed by atoms with Crippen LogP contribution in [0.4, 0.5) is 8.78 Å². The number of hydrogen-bond donors (Lipinski definition) is 0. The van der Waals surface area contributed by atoms with E-state index in [0.717, 1.165) is 6.07 Å². The van der Waals surface area contributed by atoms with Gasteiger partial charge in [-0.25, -0.2) is 17.2 Å². The largest absolute Gasteiger partial charge is 0.338 e. The first-order valence-electron chi connectivity index (χ1n) is 5.84. The highest BCUT2D eigenvalue weighted by Crippen LogP contribution is 2.15. The molecule has 1 fully saturated rings. The van der Waals surface area contributed by atoms with Gasteiger partial charge < -0.3 is 4.90 Å². The number of carbonyl (C=O) groups excluding carboxylic acids is 1. The van der Waals surface area contributed by atoms with Crippen molar-refractivity contribution in [2.45, 2.75) is 6.42 Å². The zero-order chi connectivity index (χ0) is 14.0. The molecule has 0 atom stereocenters. The number of benzene rings is 1. The van der Waals surface area contributed by atoms with E-state index in [1.165, 1.54) is 17.0 Å². The molecular weight excluding hydrogens is 276 g/mol. The van der Waals surface area contributed by atoms with Gasteiger partial charge in [-0.3, -0.25) is 4.79 Å². The zero-order valence-electron chi connectivity index (χ0n) is 10.1. The Morgan fingerprint density at radius 2 is 1.89 bits per heavy atom. The molecule has 19 heavy (non-hydrogen) atoms. The lowest BCUT2D eigenvalue weighted by Gasteiger charge is -2.20. The molecule has 1 aromatic carbocycles. The summed E-state index contributed by atoms with van der Waals surface area (Å²) in [7, 11) is -3.15. The van der Waals surface area contributed by atoms with Crippen LogP contribution in [0.5, 0.6) is 0 Å². The molecule has 1 aliphatic heterocycles. The van der Waals surface area contributed by atoms with Crippen LogP contribution in [-0.4, -0.2) is 43.8 Å². The Hall–Kier alpha value is -1.50. The molecule has 0 N–H and O–H groups in total. The van der Waals surface area contributed by atoms with Crippen LogP contribution >= 0.6 is 0 Å². The molecule has 1 amide bonds. The minimum Gasteiger partial charge on any atom is -0.338 e. The van der Waals surface area contributed by atoms with Gasteiger partial charge in [0.25, 0.3) is 5.91 Å². The molecule has 1 heterocycles. The third-order valence-electron chi connectivity index (χ3n) is 3.02. The monoisotopic (exact) mass is 289 g/mol. The van der Waals surface area contributed by atoms with Gasteiger partial charge in [0.1, 0.15) is 0 Å². The standard InChI is InChI=1S/C12H13F2NO3S/c13-10-4-1-3-9(11(10)14)12(16)15-5-2-7-19(17,18)8-6-15/h1,3-4H,2,5-8H2. The summed E-state index contributed by atoms with van der Waals surface area (Å²) in [6.07, 6.45) is 0.311. The van der Waals surface area contributed by atoms with Gasteiger partial charge in [-0.15, -0.1) is 0 Å². The normalized spacial score (nSPS) is 18.9. The number of carbonyl (C=O) groups is 1. The molecule has 0 radical (unpaired) electrons. The van der Waals surface area contributed by atoms with Gasteiger partial charge in [0, 0.05) is 13.1 Å². The molecule has 2 rings (SSSR count). The van der Waals surface area contributed by atoms with Gasteiger partial charge in [0.2, 0.25) is 0 Å². The molecule has 1 aromatic rings. The second-order valence-electron chi connectivity index (χ2n) is 4.40. The molecule has 1 aliphatic rings. The third kappa shape index (κ3) is 3.09. The fraction of sp³-hybridized carbons (Fsp3) is 0.417. The number of sulfone groups is 1. The van der Waals surface area contributed by atoms with Crippen LogP contribution in [0.3, 0.4) is 0 Å². The second-order valence-corrected chi connectivity index (χ2v) is 6.70. The highest BCUT2D eigenvalue weighted by Gasteiger charge is 2.25. The average Bonchev–Trinajstić information content (AvgIpc) is 2.53. The first-order chi connectivity index (χ1) is 8.91. The fourth-order valence-corrected chi connectivity index (χ4v) is 3.25. The first-order valence-corrected chi connectivity index (χ1v) is 7.66. The summed E-state index contributed by atoms with van der Waals surface area (Å²) in [5.41, 5.74) is -0.362. The highest BCUT2D eigenvalue weighted by molar-refractivity contribution is 7.91. The minimum absolute atomic E-state index is 0.0110. The lowest BCUT2D eigenvalue weighted by Crippen LogP contribution is -2.34. The summed E-state index contributed by atoms with van der Waals surface area (Å²) in [5, 5.41) is 0. The predicted molar refractivity (Wildman–Crippen MR) is 65.5 cm³/mol. The van der Waals surface area contributed by atoms with Crippen LogP contribution in [0.15, 0.2) is 18.2 Å². The first kappa shape index (κ1) is 13.9. The van der Waals surface area contributed by atoms with Crippen molar-refractivity contribution < 1.29 is 22.0 Å². The zero-order valence-corrected chi connectivity index (χ0v) is 10.9. The quantitative estimate of drug-likeness (QED) is 0.781. The summed E-state index contributed by atoms with van der Waals surface area (Å²) >= 11 is 0. The second kappa shape index (κ2) is 5.24. The summed E-state index contributed by atoms with van der Waals surface area (Å²) in [5.74, 6) is -3.08. The Kier molecular flexibility index (Phi) is 3.84. The predicted octanol–water partition coefficient (Wildman–Crippen LogP) is 1.23. The molecule has 0 aromatic heterocycles. The van der Waals surface area contributed by atoms with Crippen LogP contribution in [0.1, 0.15) is 16.8 Å². The van der Waals surface area contributed by atoms with E-state index >= 15 is 0 Å². The lowest BCUT2D eigenvalue weighted by molar-refractivity contribution is 0.0762. The third-order valence-corrected chi connectivity index (χ3v) is 4.74. The van der Waals surface area contributed by atoms with E-state index in [4.69, 9.17) is 0 Å². The van der Waals surface area contributed by atoms with Crippen molar-refractivity contribution in [3.8, 4) is 0 Å². The molecule has 7 heteroatoms. The van der Waals surface area contributed by atoms with Crippen molar-refractivity contribution >= 4 is 15.7 Å². The van der Waals surface area contributed by atoms with Crippen molar-refractivity contribution in [2.24, 2.45) is 0 Å². The fourth-order valence-electron chi connectivity index (χ4n) is 1.98. The molecule has 0 unspecified atom stereocenters. The maximum Gasteiger partial charge on any atom is 0.256 e. The van der Waals surface area contributed by atoms with Gasteiger partial charge in [0.05, 0.1) is 17.1 Å². The van der Waals surface area contributed by atoms with Gasteiger partial charge >= 0.3 is 0 Å². The Morgan fingerprint density at radius 3 is 2.63 bits per heavy atom. The van der Waals surface area contributed by atoms with Crippen LogP contribution in [0, 0.1) is 11.6 Å². The Morgan fingerprint density at radius 1 is 1.16 bits per heavy atom. The van der Waals surface area contributed by atoms with Crippen molar-refractivity contribution in [1.29, 1.82) is 0 Å². The van der Waals surface area contributed by atoms with Crippen molar-refractivity contribution in [3.63, 3.8) is 0 Å². The van der Waals surface area contributed by atoms with Crippen molar-refractivity contribution in [1.82, 2.24) is 4.90 Å². The Balaban J connectivity index is 2.22. The van der Waals surface area contributed by atoms with E-state index in [9.17, 15) is 22.0 Å². The molecule has 4 nitrogen and oxygen atoms in total. The molecule has 0 spiro atoms. The van der Waals surface area contributed by atoms with Crippen molar-refractivity contribution in [3.05, 3.63) is 35.4 Å². The Labute approximate surface area is 109 Å². The van der Waals surface area contributed by atoms with Crippen LogP contribution in [0.25, 0.3) is 0 Å². The van der Waals surface area contributed by atoms with Crippen molar-refractivity contribution in [2.75, 3.05) is 24.6 Å². The number of hydrogen-bond acceptors (Lipinski definition) is 3. The van der Waals surface area contributed by atoms with Crippen LogP contribution < -0.4 is 0 Å². The van der Waals surface area contributed by atoms with E-state index in [1.807, 2.05) is 0 Å². The summed E-state index contributed by atoms with van der Waals surface area (Å²) in [6.45, 7) is 0.241. The number of halogens is 2. The van der Waals surface area contributed by atoms with E-state index in [-0.39, 0.29) is 30.2 Å². The average molecular weight is 289 g/mol. The maximum atomic E-state index is 13.5.